The molecule has 0 unspecified atom stereocenters. The number of pyridine rings is 2. The molecule has 5 rings (SSSR count). The number of hydrogen-bond acceptors (Lipinski definition) is 4. The van der Waals surface area contributed by atoms with Gasteiger partial charge < -0.3 is 10.4 Å². The fourth-order valence-electron chi connectivity index (χ4n) is 5.25. The van der Waals surface area contributed by atoms with Gasteiger partial charge in [0.1, 0.15) is 5.69 Å². The SMILES string of the molecule is Cc1cc2nc(C(=O)N[C@@H]3CCCC[C@H]3O)cc(-c3ccccc3Cl)c2c(C)c1-c1ccncc1. The molecule has 2 atom stereocenters. The summed E-state index contributed by atoms with van der Waals surface area (Å²) in [5, 5.41) is 15.0. The Morgan fingerprint density at radius 2 is 1.77 bits per heavy atom. The molecule has 5 nitrogen and oxygen atoms in total. The Hall–Kier alpha value is -3.28. The predicted molar refractivity (Wildman–Crippen MR) is 141 cm³/mol. The van der Waals surface area contributed by atoms with E-state index in [1.54, 1.807) is 12.4 Å². The first-order valence-corrected chi connectivity index (χ1v) is 12.4. The van der Waals surface area contributed by atoms with Crippen molar-refractivity contribution < 1.29 is 9.90 Å². The largest absolute Gasteiger partial charge is 0.391 e. The topological polar surface area (TPSA) is 75.1 Å². The van der Waals surface area contributed by atoms with E-state index in [4.69, 9.17) is 16.6 Å². The highest BCUT2D eigenvalue weighted by Gasteiger charge is 2.26. The zero-order valence-corrected chi connectivity index (χ0v) is 20.6. The van der Waals surface area contributed by atoms with E-state index >= 15 is 0 Å². The highest BCUT2D eigenvalue weighted by atomic mass is 35.5. The Morgan fingerprint density at radius 3 is 2.51 bits per heavy atom. The summed E-state index contributed by atoms with van der Waals surface area (Å²) < 4.78 is 0. The van der Waals surface area contributed by atoms with Gasteiger partial charge in [0.15, 0.2) is 0 Å². The van der Waals surface area contributed by atoms with Crippen LogP contribution in [0.3, 0.4) is 0 Å². The van der Waals surface area contributed by atoms with Crippen LogP contribution in [0.1, 0.15) is 47.3 Å². The second-order valence-corrected chi connectivity index (χ2v) is 9.70. The number of fused-ring (bicyclic) bond motifs is 1. The van der Waals surface area contributed by atoms with Crippen molar-refractivity contribution in [2.45, 2.75) is 51.7 Å². The number of halogens is 1. The van der Waals surface area contributed by atoms with Gasteiger partial charge in [-0.1, -0.05) is 42.6 Å². The Morgan fingerprint density at radius 1 is 1.03 bits per heavy atom. The van der Waals surface area contributed by atoms with Crippen LogP contribution in [-0.4, -0.2) is 33.1 Å². The molecule has 1 aliphatic rings. The van der Waals surface area contributed by atoms with Crippen LogP contribution in [0.2, 0.25) is 5.02 Å². The van der Waals surface area contributed by atoms with Gasteiger partial charge in [-0.25, -0.2) is 4.98 Å². The molecule has 1 amide bonds. The van der Waals surface area contributed by atoms with E-state index in [9.17, 15) is 9.90 Å². The van der Waals surface area contributed by atoms with Crippen LogP contribution >= 0.6 is 11.6 Å². The number of hydrogen-bond donors (Lipinski definition) is 2. The van der Waals surface area contributed by atoms with Crippen LogP contribution in [-0.2, 0) is 0 Å². The lowest BCUT2D eigenvalue weighted by Crippen LogP contribution is -2.45. The van der Waals surface area contributed by atoms with Crippen LogP contribution in [0.4, 0.5) is 0 Å². The molecule has 6 heteroatoms. The van der Waals surface area contributed by atoms with Gasteiger partial charge in [0, 0.05) is 28.4 Å². The van der Waals surface area contributed by atoms with Crippen LogP contribution in [0.5, 0.6) is 0 Å². The summed E-state index contributed by atoms with van der Waals surface area (Å²) in [6, 6.07) is 15.3. The van der Waals surface area contributed by atoms with Crippen LogP contribution in [0.25, 0.3) is 33.2 Å². The molecule has 2 aromatic carbocycles. The molecule has 0 spiro atoms. The molecule has 178 valence electrons. The quantitative estimate of drug-likeness (QED) is 0.357. The molecular formula is C29H28ClN3O2. The van der Waals surface area contributed by atoms with E-state index in [0.717, 1.165) is 63.5 Å². The second kappa shape index (κ2) is 9.76. The van der Waals surface area contributed by atoms with Crippen molar-refractivity contribution in [2.75, 3.05) is 0 Å². The minimum atomic E-state index is -0.524. The van der Waals surface area contributed by atoms with Crippen molar-refractivity contribution in [3.63, 3.8) is 0 Å². The molecule has 0 radical (unpaired) electrons. The molecule has 0 aliphatic heterocycles. The molecule has 4 aromatic rings. The molecular weight excluding hydrogens is 458 g/mol. The van der Waals surface area contributed by atoms with Gasteiger partial charge in [-0.2, -0.15) is 0 Å². The lowest BCUT2D eigenvalue weighted by Gasteiger charge is -2.28. The number of rotatable bonds is 4. The number of aromatic nitrogens is 2. The number of nitrogens with one attached hydrogen (secondary N) is 1. The minimum absolute atomic E-state index is 0.255. The van der Waals surface area contributed by atoms with Crippen molar-refractivity contribution in [3.05, 3.63) is 82.8 Å². The number of amides is 1. The summed E-state index contributed by atoms with van der Waals surface area (Å²) in [5.41, 5.74) is 7.11. The first kappa shape index (κ1) is 23.5. The normalized spacial score (nSPS) is 17.9. The van der Waals surface area contributed by atoms with Crippen molar-refractivity contribution in [3.8, 4) is 22.3 Å². The summed E-state index contributed by atoms with van der Waals surface area (Å²) in [4.78, 5) is 22.3. The average molecular weight is 486 g/mol. The van der Waals surface area contributed by atoms with E-state index < -0.39 is 6.10 Å². The lowest BCUT2D eigenvalue weighted by molar-refractivity contribution is 0.0714. The first-order valence-electron chi connectivity index (χ1n) is 12.0. The second-order valence-electron chi connectivity index (χ2n) is 9.29. The van der Waals surface area contributed by atoms with Crippen molar-refractivity contribution in [1.82, 2.24) is 15.3 Å². The maximum absolute atomic E-state index is 13.3. The summed E-state index contributed by atoms with van der Waals surface area (Å²) in [6.07, 6.45) is 6.51. The first-order chi connectivity index (χ1) is 16.9. The third-order valence-electron chi connectivity index (χ3n) is 6.96. The maximum Gasteiger partial charge on any atom is 0.270 e. The summed E-state index contributed by atoms with van der Waals surface area (Å²) in [7, 11) is 0. The highest BCUT2D eigenvalue weighted by molar-refractivity contribution is 6.33. The van der Waals surface area contributed by atoms with Gasteiger partial charge in [-0.15, -0.1) is 0 Å². The smallest absolute Gasteiger partial charge is 0.270 e. The van der Waals surface area contributed by atoms with Gasteiger partial charge in [0.2, 0.25) is 0 Å². The number of aliphatic hydroxyl groups is 1. The van der Waals surface area contributed by atoms with Crippen molar-refractivity contribution in [1.29, 1.82) is 0 Å². The molecule has 2 aromatic heterocycles. The minimum Gasteiger partial charge on any atom is -0.391 e. The molecule has 1 aliphatic carbocycles. The van der Waals surface area contributed by atoms with E-state index in [1.807, 2.05) is 48.5 Å². The van der Waals surface area contributed by atoms with Crippen molar-refractivity contribution >= 4 is 28.4 Å². The molecule has 0 saturated heterocycles. The number of aliphatic hydroxyl groups excluding tert-OH is 1. The third-order valence-corrected chi connectivity index (χ3v) is 7.29. The Kier molecular flexibility index (Phi) is 6.54. The lowest BCUT2D eigenvalue weighted by atomic mass is 9.89. The zero-order chi connectivity index (χ0) is 24.5. The molecule has 35 heavy (non-hydrogen) atoms. The Bertz CT molecular complexity index is 1400. The molecule has 0 bridgehead atoms. The summed E-state index contributed by atoms with van der Waals surface area (Å²) >= 11 is 6.64. The standard InChI is InChI=1S/C29H28ClN3O2/c1-17-15-24-28(18(2)27(17)19-11-13-31-14-12-19)21(20-7-3-4-8-22(20)30)16-25(32-24)29(35)33-23-9-5-6-10-26(23)34/h3-4,7-8,11-16,23,26,34H,5-6,9-10H2,1-2H3,(H,33,35)/t23-,26-/m1/s1. The number of aryl methyl sites for hydroxylation is 2. The number of benzene rings is 2. The fourth-order valence-corrected chi connectivity index (χ4v) is 5.49. The monoisotopic (exact) mass is 485 g/mol. The fraction of sp³-hybridized carbons (Fsp3) is 0.276. The zero-order valence-electron chi connectivity index (χ0n) is 19.9. The van der Waals surface area contributed by atoms with E-state index in [0.29, 0.717) is 17.1 Å². The number of carbonyl (C=O) groups is 1. The van der Waals surface area contributed by atoms with Gasteiger partial charge in [0.25, 0.3) is 5.91 Å². The Balaban J connectivity index is 1.70. The predicted octanol–water partition coefficient (Wildman–Crippen LogP) is 6.27. The Labute approximate surface area is 210 Å². The van der Waals surface area contributed by atoms with Crippen LogP contribution in [0, 0.1) is 13.8 Å². The summed E-state index contributed by atoms with van der Waals surface area (Å²) in [6.45, 7) is 4.15. The van der Waals surface area contributed by atoms with Gasteiger partial charge in [-0.05, 0) is 84.8 Å². The van der Waals surface area contributed by atoms with E-state index in [1.165, 1.54) is 0 Å². The summed E-state index contributed by atoms with van der Waals surface area (Å²) in [5.74, 6) is -0.278. The van der Waals surface area contributed by atoms with Crippen molar-refractivity contribution in [2.24, 2.45) is 0 Å². The van der Waals surface area contributed by atoms with Gasteiger partial charge >= 0.3 is 0 Å². The molecule has 2 heterocycles. The van der Waals surface area contributed by atoms with Crippen LogP contribution < -0.4 is 5.32 Å². The van der Waals surface area contributed by atoms with E-state index in [-0.39, 0.29) is 11.9 Å². The molecule has 1 saturated carbocycles. The third kappa shape index (κ3) is 4.54. The van der Waals surface area contributed by atoms with Gasteiger partial charge in [-0.3, -0.25) is 9.78 Å². The maximum atomic E-state index is 13.3. The van der Waals surface area contributed by atoms with Crippen LogP contribution in [0.15, 0.2) is 60.9 Å². The molecule has 2 N–H and O–H groups in total. The number of carbonyl (C=O) groups excluding carboxylic acids is 1. The highest BCUT2D eigenvalue weighted by Crippen LogP contribution is 2.40. The van der Waals surface area contributed by atoms with Gasteiger partial charge in [0.05, 0.1) is 17.7 Å². The average Bonchev–Trinajstić information content (AvgIpc) is 2.85. The number of nitrogens with zero attached hydrogens (tertiary/aromatic N) is 2. The molecule has 1 fully saturated rings. The van der Waals surface area contributed by atoms with E-state index in [2.05, 4.69) is 24.1 Å².